The number of likely N-dealkylation sites (tertiary alicyclic amines) is 1. The van der Waals surface area contributed by atoms with Gasteiger partial charge in [-0.25, -0.2) is 9.97 Å². The van der Waals surface area contributed by atoms with Crippen molar-refractivity contribution in [2.45, 2.75) is 37.8 Å². The number of anilines is 1. The maximum atomic E-state index is 12.7. The van der Waals surface area contributed by atoms with Gasteiger partial charge in [0.15, 0.2) is 0 Å². The average molecular weight is 385 g/mol. The molecular weight excluding hydrogens is 364 g/mol. The Labute approximate surface area is 162 Å². The smallest absolute Gasteiger partial charge is 0.257 e. The van der Waals surface area contributed by atoms with Gasteiger partial charge in [0, 0.05) is 30.0 Å². The predicted molar refractivity (Wildman–Crippen MR) is 102 cm³/mol. The molecule has 1 spiro atoms. The number of amides is 1. The van der Waals surface area contributed by atoms with Crippen LogP contribution in [0.5, 0.6) is 0 Å². The van der Waals surface area contributed by atoms with E-state index in [9.17, 15) is 4.79 Å². The number of fused-ring (bicyclic) bond motifs is 1. The summed E-state index contributed by atoms with van der Waals surface area (Å²) in [7, 11) is 0. The summed E-state index contributed by atoms with van der Waals surface area (Å²) in [5.74, 6) is 0.549. The van der Waals surface area contributed by atoms with E-state index >= 15 is 0 Å². The highest BCUT2D eigenvalue weighted by molar-refractivity contribution is 6.31. The van der Waals surface area contributed by atoms with E-state index in [4.69, 9.17) is 16.3 Å². The lowest BCUT2D eigenvalue weighted by atomic mass is 9.82. The van der Waals surface area contributed by atoms with E-state index in [1.165, 1.54) is 11.1 Å². The van der Waals surface area contributed by atoms with Gasteiger partial charge in [-0.05, 0) is 48.9 Å². The van der Waals surface area contributed by atoms with Crippen LogP contribution in [0.1, 0.15) is 33.5 Å². The molecule has 27 heavy (non-hydrogen) atoms. The SMILES string of the molecule is Cc1c(Cl)ccc2c1CC(Nc1ncc(C(=O)N3CCC34COC4)cn1)C2. The first-order valence-corrected chi connectivity index (χ1v) is 9.69. The molecule has 3 heterocycles. The molecule has 0 radical (unpaired) electrons. The second kappa shape index (κ2) is 6.17. The third-order valence-corrected chi connectivity index (χ3v) is 6.55. The van der Waals surface area contributed by atoms with Crippen LogP contribution in [0.3, 0.4) is 0 Å². The summed E-state index contributed by atoms with van der Waals surface area (Å²) >= 11 is 6.24. The topological polar surface area (TPSA) is 67.4 Å². The lowest BCUT2D eigenvalue weighted by Gasteiger charge is -2.57. The molecule has 2 aromatic rings. The Morgan fingerprint density at radius 3 is 2.70 bits per heavy atom. The Kier molecular flexibility index (Phi) is 3.88. The summed E-state index contributed by atoms with van der Waals surface area (Å²) < 4.78 is 5.29. The van der Waals surface area contributed by atoms with Crippen LogP contribution in [-0.2, 0) is 17.6 Å². The number of carbonyl (C=O) groups is 1. The summed E-state index contributed by atoms with van der Waals surface area (Å²) in [6, 6.07) is 4.30. The lowest BCUT2D eigenvalue weighted by Crippen LogP contribution is -2.72. The molecule has 1 amide bonds. The zero-order valence-electron chi connectivity index (χ0n) is 15.2. The second-order valence-electron chi connectivity index (χ2n) is 7.78. The van der Waals surface area contributed by atoms with Crippen LogP contribution in [0.2, 0.25) is 5.02 Å². The van der Waals surface area contributed by atoms with Crippen LogP contribution < -0.4 is 5.32 Å². The molecule has 1 N–H and O–H groups in total. The van der Waals surface area contributed by atoms with Crippen molar-refractivity contribution in [2.75, 3.05) is 25.1 Å². The second-order valence-corrected chi connectivity index (χ2v) is 8.19. The molecule has 0 saturated carbocycles. The number of hydrogen-bond acceptors (Lipinski definition) is 5. The van der Waals surface area contributed by atoms with Gasteiger partial charge < -0.3 is 15.0 Å². The van der Waals surface area contributed by atoms with Crippen molar-refractivity contribution >= 4 is 23.5 Å². The van der Waals surface area contributed by atoms with E-state index in [0.717, 1.165) is 36.4 Å². The van der Waals surface area contributed by atoms with Crippen LogP contribution in [0, 0.1) is 6.92 Å². The number of halogens is 1. The van der Waals surface area contributed by atoms with Gasteiger partial charge >= 0.3 is 0 Å². The van der Waals surface area contributed by atoms with Gasteiger partial charge in [-0.3, -0.25) is 4.79 Å². The maximum Gasteiger partial charge on any atom is 0.257 e. The van der Waals surface area contributed by atoms with Crippen molar-refractivity contribution in [3.8, 4) is 0 Å². The van der Waals surface area contributed by atoms with Crippen molar-refractivity contribution in [3.63, 3.8) is 0 Å². The number of nitrogens with one attached hydrogen (secondary N) is 1. The fourth-order valence-electron chi connectivity index (χ4n) is 4.29. The molecule has 6 nitrogen and oxygen atoms in total. The minimum Gasteiger partial charge on any atom is -0.376 e. The molecule has 2 aliphatic heterocycles. The first-order valence-electron chi connectivity index (χ1n) is 9.31. The Balaban J connectivity index is 1.25. The highest BCUT2D eigenvalue weighted by Gasteiger charge is 2.53. The van der Waals surface area contributed by atoms with Crippen molar-refractivity contribution in [2.24, 2.45) is 0 Å². The average Bonchev–Trinajstić information content (AvgIpc) is 3.00. The van der Waals surface area contributed by atoms with Crippen LogP contribution in [-0.4, -0.2) is 52.1 Å². The zero-order valence-corrected chi connectivity index (χ0v) is 15.9. The number of ether oxygens (including phenoxy) is 1. The largest absolute Gasteiger partial charge is 0.376 e. The minimum absolute atomic E-state index is 0.00496. The van der Waals surface area contributed by atoms with Crippen LogP contribution in [0.15, 0.2) is 24.5 Å². The van der Waals surface area contributed by atoms with Gasteiger partial charge in [-0.2, -0.15) is 0 Å². The van der Waals surface area contributed by atoms with Crippen molar-refractivity contribution in [1.29, 1.82) is 0 Å². The predicted octanol–water partition coefficient (Wildman–Crippen LogP) is 2.63. The Hall–Kier alpha value is -2.18. The molecule has 2 fully saturated rings. The summed E-state index contributed by atoms with van der Waals surface area (Å²) in [6.07, 6.45) is 6.08. The third-order valence-electron chi connectivity index (χ3n) is 6.14. The van der Waals surface area contributed by atoms with Crippen LogP contribution >= 0.6 is 11.6 Å². The monoisotopic (exact) mass is 384 g/mol. The first kappa shape index (κ1) is 17.0. The molecule has 1 unspecified atom stereocenters. The van der Waals surface area contributed by atoms with E-state index in [2.05, 4.69) is 28.3 Å². The molecule has 1 aromatic heterocycles. The molecular formula is C20H21ClN4O2. The van der Waals surface area contributed by atoms with Gasteiger partial charge in [-0.1, -0.05) is 17.7 Å². The molecule has 0 bridgehead atoms. The van der Waals surface area contributed by atoms with E-state index < -0.39 is 0 Å². The third kappa shape index (κ3) is 2.70. The Morgan fingerprint density at radius 2 is 2.07 bits per heavy atom. The molecule has 3 aliphatic rings. The van der Waals surface area contributed by atoms with E-state index in [0.29, 0.717) is 24.7 Å². The summed E-state index contributed by atoms with van der Waals surface area (Å²) in [6.45, 7) is 4.14. The number of hydrogen-bond donors (Lipinski definition) is 1. The Morgan fingerprint density at radius 1 is 1.30 bits per heavy atom. The standard InChI is InChI=1S/C20H21ClN4O2/c1-12-16-7-15(6-13(16)2-3-17(12)21)24-19-22-8-14(9-23-19)18(26)25-5-4-20(25)10-27-11-20/h2-3,8-9,15H,4-7,10-11H2,1H3,(H,22,23,24). The van der Waals surface area contributed by atoms with E-state index in [-0.39, 0.29) is 17.5 Å². The van der Waals surface area contributed by atoms with Gasteiger partial charge in [0.25, 0.3) is 5.91 Å². The first-order chi connectivity index (χ1) is 13.1. The normalized spacial score (nSPS) is 22.1. The van der Waals surface area contributed by atoms with Crippen molar-refractivity contribution in [3.05, 3.63) is 51.8 Å². The molecule has 7 heteroatoms. The van der Waals surface area contributed by atoms with Crippen molar-refractivity contribution < 1.29 is 9.53 Å². The molecule has 1 atom stereocenters. The van der Waals surface area contributed by atoms with Crippen LogP contribution in [0.25, 0.3) is 0 Å². The summed E-state index contributed by atoms with van der Waals surface area (Å²) in [5, 5.41) is 4.20. The Bertz CT molecular complexity index is 905. The highest BCUT2D eigenvalue weighted by Crippen LogP contribution is 2.38. The summed E-state index contributed by atoms with van der Waals surface area (Å²) in [4.78, 5) is 23.3. The van der Waals surface area contributed by atoms with Crippen LogP contribution in [0.4, 0.5) is 5.95 Å². The fourth-order valence-corrected chi connectivity index (χ4v) is 4.47. The van der Waals surface area contributed by atoms with Crippen molar-refractivity contribution in [1.82, 2.24) is 14.9 Å². The number of nitrogens with zero attached hydrogens (tertiary/aromatic N) is 3. The molecule has 5 rings (SSSR count). The molecule has 1 aromatic carbocycles. The number of aromatic nitrogens is 2. The number of rotatable bonds is 3. The molecule has 1 aliphatic carbocycles. The van der Waals surface area contributed by atoms with E-state index in [1.807, 2.05) is 11.0 Å². The summed E-state index contributed by atoms with van der Waals surface area (Å²) in [5.41, 5.74) is 4.26. The minimum atomic E-state index is -0.0667. The van der Waals surface area contributed by atoms with Gasteiger partial charge in [-0.15, -0.1) is 0 Å². The fraction of sp³-hybridized carbons (Fsp3) is 0.450. The maximum absolute atomic E-state index is 12.7. The van der Waals surface area contributed by atoms with Gasteiger partial charge in [0.1, 0.15) is 0 Å². The molecule has 2 saturated heterocycles. The van der Waals surface area contributed by atoms with Gasteiger partial charge in [0.2, 0.25) is 5.95 Å². The quantitative estimate of drug-likeness (QED) is 0.881. The highest BCUT2D eigenvalue weighted by atomic mass is 35.5. The molecule has 140 valence electrons. The zero-order chi connectivity index (χ0) is 18.6. The number of benzene rings is 1. The number of carbonyl (C=O) groups excluding carboxylic acids is 1. The lowest BCUT2D eigenvalue weighted by molar-refractivity contribution is -0.172. The van der Waals surface area contributed by atoms with E-state index in [1.54, 1.807) is 12.4 Å². The van der Waals surface area contributed by atoms with Gasteiger partial charge in [0.05, 0.1) is 24.3 Å².